The van der Waals surface area contributed by atoms with E-state index >= 15 is 0 Å². The van der Waals surface area contributed by atoms with Gasteiger partial charge < -0.3 is 4.74 Å². The van der Waals surface area contributed by atoms with Crippen molar-refractivity contribution in [3.05, 3.63) is 24.3 Å². The van der Waals surface area contributed by atoms with Crippen LogP contribution in [0.15, 0.2) is 29.2 Å². The summed E-state index contributed by atoms with van der Waals surface area (Å²) < 4.78 is 5.12. The number of methoxy groups -OCH3 is 1. The van der Waals surface area contributed by atoms with Gasteiger partial charge in [0.15, 0.2) is 0 Å². The standard InChI is InChI=1S/C9H14OS/c1-10-8-5-4-6-9(7-8)11(2)3/h4-7,11H,1-3H3. The average Bonchev–Trinajstić information content (AvgIpc) is 2.05. The van der Waals surface area contributed by atoms with Crippen molar-refractivity contribution in [2.45, 2.75) is 4.90 Å². The molecular weight excluding hydrogens is 156 g/mol. The SMILES string of the molecule is COc1cccc([SH](C)C)c1. The van der Waals surface area contributed by atoms with Crippen LogP contribution in [-0.2, 0) is 0 Å². The molecule has 0 aliphatic carbocycles. The fourth-order valence-electron chi connectivity index (χ4n) is 0.889. The summed E-state index contributed by atoms with van der Waals surface area (Å²) in [6.45, 7) is 0. The molecule has 11 heavy (non-hydrogen) atoms. The minimum absolute atomic E-state index is 0.00250. The highest BCUT2D eigenvalue weighted by Crippen LogP contribution is 2.30. The Morgan fingerprint density at radius 2 is 2.00 bits per heavy atom. The molecule has 1 aromatic rings. The van der Waals surface area contributed by atoms with E-state index in [0.717, 1.165) is 5.75 Å². The maximum Gasteiger partial charge on any atom is 0.119 e. The number of hydrogen-bond donors (Lipinski definition) is 1. The maximum atomic E-state index is 5.12. The van der Waals surface area contributed by atoms with Crippen LogP contribution < -0.4 is 4.74 Å². The van der Waals surface area contributed by atoms with Gasteiger partial charge in [-0.15, -0.1) is 0 Å². The first-order chi connectivity index (χ1) is 5.24. The van der Waals surface area contributed by atoms with E-state index in [2.05, 4.69) is 24.6 Å². The topological polar surface area (TPSA) is 9.23 Å². The fraction of sp³-hybridized carbons (Fsp3) is 0.333. The predicted molar refractivity (Wildman–Crippen MR) is 52.1 cm³/mol. The van der Waals surface area contributed by atoms with Crippen molar-refractivity contribution < 1.29 is 4.74 Å². The van der Waals surface area contributed by atoms with Crippen LogP contribution in [0.1, 0.15) is 0 Å². The molecule has 0 saturated heterocycles. The first-order valence-electron chi connectivity index (χ1n) is 3.55. The third kappa shape index (κ3) is 2.15. The Bertz CT molecular complexity index is 233. The van der Waals surface area contributed by atoms with Gasteiger partial charge in [0.05, 0.1) is 7.11 Å². The molecular formula is C9H14OS. The minimum atomic E-state index is 0.00250. The molecule has 1 aromatic carbocycles. The Hall–Kier alpha value is -0.630. The summed E-state index contributed by atoms with van der Waals surface area (Å²) in [7, 11) is 1.70. The molecule has 0 aliphatic rings. The molecule has 1 nitrogen and oxygen atoms in total. The molecule has 0 spiro atoms. The molecule has 0 N–H and O–H groups in total. The van der Waals surface area contributed by atoms with Crippen molar-refractivity contribution in [3.8, 4) is 5.75 Å². The Morgan fingerprint density at radius 1 is 1.27 bits per heavy atom. The lowest BCUT2D eigenvalue weighted by atomic mass is 10.3. The molecule has 1 rings (SSSR count). The quantitative estimate of drug-likeness (QED) is 0.670. The molecule has 62 valence electrons. The molecule has 0 aromatic heterocycles. The van der Waals surface area contributed by atoms with Crippen molar-refractivity contribution in [1.29, 1.82) is 0 Å². The van der Waals surface area contributed by atoms with Crippen LogP contribution in [0.3, 0.4) is 0 Å². The number of hydrogen-bond acceptors (Lipinski definition) is 1. The van der Waals surface area contributed by atoms with Crippen LogP contribution >= 0.6 is 10.9 Å². The van der Waals surface area contributed by atoms with E-state index in [4.69, 9.17) is 4.74 Å². The molecule has 0 heterocycles. The van der Waals surface area contributed by atoms with Crippen LogP contribution in [0, 0.1) is 0 Å². The zero-order valence-corrected chi connectivity index (χ0v) is 8.06. The second kappa shape index (κ2) is 3.67. The summed E-state index contributed by atoms with van der Waals surface area (Å²) >= 11 is 0. The van der Waals surface area contributed by atoms with E-state index in [1.807, 2.05) is 12.1 Å². The molecule has 0 atom stereocenters. The van der Waals surface area contributed by atoms with Crippen LogP contribution in [0.25, 0.3) is 0 Å². The Morgan fingerprint density at radius 3 is 2.55 bits per heavy atom. The van der Waals surface area contributed by atoms with Gasteiger partial charge in [-0.25, -0.2) is 10.9 Å². The van der Waals surface area contributed by atoms with E-state index < -0.39 is 0 Å². The number of benzene rings is 1. The highest BCUT2D eigenvalue weighted by molar-refractivity contribution is 8.15. The van der Waals surface area contributed by atoms with E-state index in [-0.39, 0.29) is 10.9 Å². The molecule has 0 saturated carbocycles. The smallest absolute Gasteiger partial charge is 0.119 e. The second-order valence-electron chi connectivity index (χ2n) is 2.60. The maximum absolute atomic E-state index is 5.12. The largest absolute Gasteiger partial charge is 0.497 e. The van der Waals surface area contributed by atoms with Crippen molar-refractivity contribution in [2.24, 2.45) is 0 Å². The summed E-state index contributed by atoms with van der Waals surface area (Å²) in [6, 6.07) is 8.26. The first kappa shape index (κ1) is 8.47. The zero-order chi connectivity index (χ0) is 8.27. The summed E-state index contributed by atoms with van der Waals surface area (Å²) in [5.41, 5.74) is 0. The third-order valence-electron chi connectivity index (χ3n) is 1.57. The van der Waals surface area contributed by atoms with E-state index in [0.29, 0.717) is 0 Å². The van der Waals surface area contributed by atoms with Gasteiger partial charge in [-0.3, -0.25) is 0 Å². The molecule has 0 aliphatic heterocycles. The van der Waals surface area contributed by atoms with Gasteiger partial charge in [0.25, 0.3) is 0 Å². The summed E-state index contributed by atoms with van der Waals surface area (Å²) in [5.74, 6) is 0.957. The average molecular weight is 170 g/mol. The highest BCUT2D eigenvalue weighted by Gasteiger charge is 1.95. The second-order valence-corrected chi connectivity index (χ2v) is 4.90. The van der Waals surface area contributed by atoms with Gasteiger partial charge in [0.2, 0.25) is 0 Å². The van der Waals surface area contributed by atoms with Gasteiger partial charge in [0.1, 0.15) is 5.75 Å². The van der Waals surface area contributed by atoms with Crippen molar-refractivity contribution in [1.82, 2.24) is 0 Å². The van der Waals surface area contributed by atoms with Crippen molar-refractivity contribution in [2.75, 3.05) is 19.6 Å². The summed E-state index contributed by atoms with van der Waals surface area (Å²) in [6.07, 6.45) is 4.48. The number of rotatable bonds is 2. The van der Waals surface area contributed by atoms with Crippen LogP contribution in [0.5, 0.6) is 5.75 Å². The van der Waals surface area contributed by atoms with Crippen molar-refractivity contribution in [3.63, 3.8) is 0 Å². The van der Waals surface area contributed by atoms with Gasteiger partial charge in [-0.2, -0.15) is 0 Å². The monoisotopic (exact) mass is 170 g/mol. The Balaban J connectivity index is 2.91. The van der Waals surface area contributed by atoms with Gasteiger partial charge in [-0.05, 0) is 29.5 Å². The molecule has 2 heteroatoms. The Kier molecular flexibility index (Phi) is 2.83. The lowest BCUT2D eigenvalue weighted by molar-refractivity contribution is 0.413. The Labute approximate surface area is 70.7 Å². The highest BCUT2D eigenvalue weighted by atomic mass is 32.2. The first-order valence-corrected chi connectivity index (χ1v) is 5.79. The molecule has 0 fully saturated rings. The lowest BCUT2D eigenvalue weighted by Gasteiger charge is -2.10. The van der Waals surface area contributed by atoms with E-state index in [9.17, 15) is 0 Å². The van der Waals surface area contributed by atoms with Crippen LogP contribution in [0.2, 0.25) is 0 Å². The van der Waals surface area contributed by atoms with Crippen LogP contribution in [-0.4, -0.2) is 19.6 Å². The van der Waals surface area contributed by atoms with Crippen LogP contribution in [0.4, 0.5) is 0 Å². The molecule has 0 radical (unpaired) electrons. The van der Waals surface area contributed by atoms with Gasteiger partial charge in [0, 0.05) is 0 Å². The zero-order valence-electron chi connectivity index (χ0n) is 7.16. The van der Waals surface area contributed by atoms with Crippen molar-refractivity contribution >= 4 is 10.9 Å². The molecule has 0 bridgehead atoms. The predicted octanol–water partition coefficient (Wildman–Crippen LogP) is 2.31. The van der Waals surface area contributed by atoms with E-state index in [1.165, 1.54) is 4.90 Å². The number of thiol groups is 1. The van der Waals surface area contributed by atoms with E-state index in [1.54, 1.807) is 7.11 Å². The van der Waals surface area contributed by atoms with Gasteiger partial charge in [-0.1, -0.05) is 12.1 Å². The molecule has 0 amide bonds. The van der Waals surface area contributed by atoms with Gasteiger partial charge >= 0.3 is 0 Å². The lowest BCUT2D eigenvalue weighted by Crippen LogP contribution is -1.83. The summed E-state index contributed by atoms with van der Waals surface area (Å²) in [5, 5.41) is 0. The normalized spacial score (nSPS) is 11.0. The minimum Gasteiger partial charge on any atom is -0.497 e. The number of ether oxygens (including phenoxy) is 1. The fourth-order valence-corrected chi connectivity index (χ4v) is 1.66. The third-order valence-corrected chi connectivity index (χ3v) is 2.88. The summed E-state index contributed by atoms with van der Waals surface area (Å²) in [4.78, 5) is 1.39. The molecule has 0 unspecified atom stereocenters.